The zero-order chi connectivity index (χ0) is 0. The molecular formula is H7NO2Si2. The Morgan fingerprint density at radius 1 is 0.600 bits per heavy atom. The van der Waals surface area contributed by atoms with Crippen LogP contribution in [0.2, 0.25) is 0 Å². The standard InChI is InChI=1S/H3N.2H2O.2Si/h1H3;2*1H2;;. The van der Waals surface area contributed by atoms with Gasteiger partial charge >= 0.3 is 0 Å². The lowest BCUT2D eigenvalue weighted by molar-refractivity contribution is 0.823. The Morgan fingerprint density at radius 2 is 0.600 bits per heavy atom. The Balaban J connectivity index is 0. The minimum Gasteiger partial charge on any atom is -0.412 e. The van der Waals surface area contributed by atoms with Crippen LogP contribution in [0.1, 0.15) is 0 Å². The molecule has 0 amide bonds. The van der Waals surface area contributed by atoms with Gasteiger partial charge in [-0.15, -0.1) is 0 Å². The number of rotatable bonds is 0. The van der Waals surface area contributed by atoms with E-state index in [9.17, 15) is 0 Å². The van der Waals surface area contributed by atoms with Crippen molar-refractivity contribution in [2.45, 2.75) is 0 Å². The summed E-state index contributed by atoms with van der Waals surface area (Å²) in [5, 5.41) is 0. The van der Waals surface area contributed by atoms with E-state index in [1.54, 1.807) is 0 Å². The summed E-state index contributed by atoms with van der Waals surface area (Å²) in [6.45, 7) is 0. The van der Waals surface area contributed by atoms with Gasteiger partial charge in [-0.2, -0.15) is 0 Å². The molecule has 7 N–H and O–H groups in total. The van der Waals surface area contributed by atoms with Crippen molar-refractivity contribution in [3.63, 3.8) is 0 Å². The molecule has 0 rings (SSSR count). The van der Waals surface area contributed by atoms with E-state index in [4.69, 9.17) is 0 Å². The van der Waals surface area contributed by atoms with Crippen LogP contribution in [0.3, 0.4) is 0 Å². The molecule has 8 radical (unpaired) electrons. The summed E-state index contributed by atoms with van der Waals surface area (Å²) in [6.07, 6.45) is 0. The third-order valence-electron chi connectivity index (χ3n) is 0. The van der Waals surface area contributed by atoms with Crippen molar-refractivity contribution in [3.05, 3.63) is 0 Å². The van der Waals surface area contributed by atoms with Crippen LogP contribution in [0.5, 0.6) is 0 Å². The molecule has 3 nitrogen and oxygen atoms in total. The Labute approximate surface area is 40.0 Å². The van der Waals surface area contributed by atoms with Gasteiger partial charge in [0.2, 0.25) is 0 Å². The van der Waals surface area contributed by atoms with Crippen LogP contribution in [-0.4, -0.2) is 32.9 Å². The van der Waals surface area contributed by atoms with Gasteiger partial charge in [0.15, 0.2) is 0 Å². The summed E-state index contributed by atoms with van der Waals surface area (Å²) in [4.78, 5) is 0. The van der Waals surface area contributed by atoms with E-state index in [1.807, 2.05) is 0 Å². The monoisotopic (exact) mass is 109 g/mol. The molecule has 0 aromatic carbocycles. The Bertz CT molecular complexity index is 7.61. The summed E-state index contributed by atoms with van der Waals surface area (Å²) in [6, 6.07) is 0. The van der Waals surface area contributed by atoms with Crippen LogP contribution in [-0.2, 0) is 0 Å². The molecule has 5 heavy (non-hydrogen) atoms. The highest BCUT2D eigenvalue weighted by Gasteiger charge is 0.00102. The fourth-order valence-corrected chi connectivity index (χ4v) is 0. The molecule has 0 aliphatic carbocycles. The van der Waals surface area contributed by atoms with Crippen LogP contribution >= 0.6 is 0 Å². The topological polar surface area (TPSA) is 98.0 Å². The summed E-state index contributed by atoms with van der Waals surface area (Å²) < 4.78 is 0. The van der Waals surface area contributed by atoms with Crippen LogP contribution in [0, 0.1) is 0 Å². The lowest BCUT2D eigenvalue weighted by Crippen LogP contribution is -0.481. The zero-order valence-corrected chi connectivity index (χ0v) is 4.71. The zero-order valence-electron chi connectivity index (χ0n) is 2.71. The predicted octanol–water partition coefficient (Wildman–Crippen LogP) is -2.25. The molecule has 0 atom stereocenters. The van der Waals surface area contributed by atoms with Gasteiger partial charge in [-0.05, 0) is 0 Å². The normalized spacial score (nSPS) is 0. The van der Waals surface area contributed by atoms with Gasteiger partial charge in [0.1, 0.15) is 0 Å². The molecule has 0 bridgehead atoms. The maximum absolute atomic E-state index is 0. The van der Waals surface area contributed by atoms with Crippen molar-refractivity contribution in [2.24, 2.45) is 0 Å². The first-order valence-electron chi connectivity index (χ1n) is 0. The maximum atomic E-state index is 0. The fraction of sp³-hybridized carbons (Fsp3) is 0. The second-order valence-corrected chi connectivity index (χ2v) is 0. The Kier molecular flexibility index (Phi) is 96700. The van der Waals surface area contributed by atoms with Crippen molar-refractivity contribution in [2.75, 3.05) is 0 Å². The van der Waals surface area contributed by atoms with E-state index < -0.39 is 0 Å². The molecular weight excluding hydrogens is 102 g/mol. The molecule has 0 aromatic rings. The number of hydrogen-bond acceptors (Lipinski definition) is 1. The minimum atomic E-state index is 0. The second kappa shape index (κ2) is 481. The summed E-state index contributed by atoms with van der Waals surface area (Å²) >= 11 is 0. The highest BCUT2D eigenvalue weighted by atomic mass is 28.1. The molecule has 5 heteroatoms. The molecule has 0 aliphatic rings. The first-order valence-corrected chi connectivity index (χ1v) is 0. The van der Waals surface area contributed by atoms with Crippen molar-refractivity contribution in [3.8, 4) is 0 Å². The molecule has 0 saturated carbocycles. The first-order chi connectivity index (χ1) is 0. The average Bonchev–Trinajstić information content (AvgIpc) is 0. The quantitative estimate of drug-likeness (QED) is 0.349. The molecule has 0 aromatic heterocycles. The van der Waals surface area contributed by atoms with Gasteiger partial charge in [0.25, 0.3) is 0 Å². The van der Waals surface area contributed by atoms with Crippen LogP contribution in [0.4, 0.5) is 0 Å². The molecule has 0 aliphatic heterocycles. The molecule has 0 fully saturated rings. The van der Waals surface area contributed by atoms with Gasteiger partial charge < -0.3 is 17.1 Å². The summed E-state index contributed by atoms with van der Waals surface area (Å²) in [5.41, 5.74) is 0. The van der Waals surface area contributed by atoms with Crippen LogP contribution in [0.15, 0.2) is 0 Å². The highest BCUT2D eigenvalue weighted by molar-refractivity contribution is 5.76. The molecule has 0 unspecified atom stereocenters. The third kappa shape index (κ3) is 235. The van der Waals surface area contributed by atoms with E-state index in [-0.39, 0.29) is 39.0 Å². The summed E-state index contributed by atoms with van der Waals surface area (Å²) in [5.74, 6) is 0. The van der Waals surface area contributed by atoms with Gasteiger partial charge in [-0.1, -0.05) is 0 Å². The van der Waals surface area contributed by atoms with Crippen molar-refractivity contribution >= 4 is 21.9 Å². The molecule has 32 valence electrons. The molecule has 0 heterocycles. The van der Waals surface area contributed by atoms with E-state index in [2.05, 4.69) is 0 Å². The van der Waals surface area contributed by atoms with Crippen molar-refractivity contribution in [1.82, 2.24) is 6.15 Å². The van der Waals surface area contributed by atoms with Gasteiger partial charge in [-0.3, -0.25) is 0 Å². The van der Waals surface area contributed by atoms with E-state index in [0.29, 0.717) is 0 Å². The van der Waals surface area contributed by atoms with Gasteiger partial charge in [0.05, 0.1) is 0 Å². The fourth-order valence-electron chi connectivity index (χ4n) is 0. The van der Waals surface area contributed by atoms with Crippen molar-refractivity contribution in [1.29, 1.82) is 0 Å². The average molecular weight is 109 g/mol. The lowest BCUT2D eigenvalue weighted by atomic mass is 14.0. The first kappa shape index (κ1) is 1000. The summed E-state index contributed by atoms with van der Waals surface area (Å²) in [7, 11) is 0. The molecule has 0 saturated heterocycles. The van der Waals surface area contributed by atoms with Crippen molar-refractivity contribution < 1.29 is 11.0 Å². The Morgan fingerprint density at radius 3 is 0.600 bits per heavy atom. The predicted molar refractivity (Wildman–Crippen MR) is 23.8 cm³/mol. The SMILES string of the molecule is N.O.O.[Si].[Si]. The van der Waals surface area contributed by atoms with E-state index >= 15 is 0 Å². The minimum absolute atomic E-state index is 0. The van der Waals surface area contributed by atoms with Crippen LogP contribution in [0.25, 0.3) is 0 Å². The van der Waals surface area contributed by atoms with E-state index in [1.165, 1.54) is 0 Å². The molecule has 0 spiro atoms. The number of hydrogen-bond donors (Lipinski definition) is 1. The van der Waals surface area contributed by atoms with Gasteiger partial charge in [-0.25, -0.2) is 0 Å². The van der Waals surface area contributed by atoms with E-state index in [0.717, 1.165) is 0 Å². The largest absolute Gasteiger partial charge is 0.412 e. The highest BCUT2D eigenvalue weighted by Crippen LogP contribution is -0.288. The smallest absolute Gasteiger partial charge is 0 e. The van der Waals surface area contributed by atoms with Crippen LogP contribution < -0.4 is 6.15 Å². The second-order valence-electron chi connectivity index (χ2n) is 0. The maximum Gasteiger partial charge on any atom is 0 e. The lowest BCUT2D eigenvalue weighted by Gasteiger charge is -0.413. The third-order valence-corrected chi connectivity index (χ3v) is 0. The Hall–Kier alpha value is 0.314. The van der Waals surface area contributed by atoms with Gasteiger partial charge in [0, 0.05) is 21.9 Å².